The molecule has 2 amide bonds. The quantitative estimate of drug-likeness (QED) is 0.507. The molecule has 3 atom stereocenters. The fraction of sp³-hybridized carbons (Fsp3) is 0.480. The molecule has 206 valence electrons. The van der Waals surface area contributed by atoms with Crippen LogP contribution in [-0.2, 0) is 20.8 Å². The zero-order chi connectivity index (χ0) is 28.0. The number of benzene rings is 1. The fourth-order valence-electron chi connectivity index (χ4n) is 4.88. The summed E-state index contributed by atoms with van der Waals surface area (Å²) in [4.78, 5) is 31.9. The van der Waals surface area contributed by atoms with Crippen molar-refractivity contribution in [2.75, 3.05) is 6.26 Å². The van der Waals surface area contributed by atoms with Crippen molar-refractivity contribution >= 4 is 21.7 Å². The van der Waals surface area contributed by atoms with Crippen molar-refractivity contribution in [3.05, 3.63) is 58.9 Å². The van der Waals surface area contributed by atoms with E-state index in [9.17, 15) is 40.0 Å². The van der Waals surface area contributed by atoms with Crippen LogP contribution in [0.3, 0.4) is 0 Å². The van der Waals surface area contributed by atoms with Crippen LogP contribution >= 0.6 is 0 Å². The standard InChI is InChI=1S/C25H26F5N3O4S/c1-3-15-6-7-21(33(15)24(35)14-8-16(12-31-11-14)38(2,36)37)23(34)32-22(13-4-5-13)17-9-20(27)18(10-19(17)26)25(28,29)30/h8-13,15,21-22H,3-7H2,1-2H3,(H,32,34)/t15-,21-,22?/m1/s1. The van der Waals surface area contributed by atoms with Gasteiger partial charge in [-0.3, -0.25) is 14.6 Å². The molecule has 38 heavy (non-hydrogen) atoms. The summed E-state index contributed by atoms with van der Waals surface area (Å²) in [6.45, 7) is 1.82. The number of carbonyl (C=O) groups excluding carboxylic acids is 2. The second-order valence-corrected chi connectivity index (χ2v) is 11.7. The second kappa shape index (κ2) is 10.2. The molecule has 2 fully saturated rings. The minimum Gasteiger partial charge on any atom is -0.347 e. The zero-order valence-corrected chi connectivity index (χ0v) is 21.4. The second-order valence-electron chi connectivity index (χ2n) is 9.72. The normalized spacial score (nSPS) is 20.9. The third-order valence-electron chi connectivity index (χ3n) is 7.02. The highest BCUT2D eigenvalue weighted by atomic mass is 32.2. The number of amides is 2. The van der Waals surface area contributed by atoms with E-state index in [1.165, 1.54) is 17.2 Å². The van der Waals surface area contributed by atoms with Crippen LogP contribution in [-0.4, -0.2) is 48.5 Å². The van der Waals surface area contributed by atoms with Gasteiger partial charge in [0.15, 0.2) is 9.84 Å². The van der Waals surface area contributed by atoms with E-state index in [2.05, 4.69) is 10.3 Å². The predicted octanol–water partition coefficient (Wildman–Crippen LogP) is 4.43. The van der Waals surface area contributed by atoms with Crippen LogP contribution < -0.4 is 5.32 Å². The number of nitrogens with one attached hydrogen (secondary N) is 1. The maximum Gasteiger partial charge on any atom is 0.419 e. The van der Waals surface area contributed by atoms with Crippen molar-refractivity contribution in [2.24, 2.45) is 5.92 Å². The summed E-state index contributed by atoms with van der Waals surface area (Å²) in [6.07, 6.45) is 0.544. The monoisotopic (exact) mass is 559 g/mol. The molecule has 1 unspecified atom stereocenters. The SMILES string of the molecule is CC[C@@H]1CC[C@H](C(=O)NC(c2cc(F)c(C(F)(F)F)cc2F)C2CC2)N1C(=O)c1cncc(S(C)(=O)=O)c1. The molecule has 4 rings (SSSR count). The Bertz CT molecular complexity index is 1360. The van der Waals surface area contributed by atoms with E-state index < -0.39 is 57.1 Å². The van der Waals surface area contributed by atoms with Gasteiger partial charge in [-0.05, 0) is 56.2 Å². The number of halogens is 5. The minimum absolute atomic E-state index is 0.0272. The van der Waals surface area contributed by atoms with Crippen LogP contribution in [0, 0.1) is 17.6 Å². The Morgan fingerprint density at radius 1 is 1.08 bits per heavy atom. The van der Waals surface area contributed by atoms with Gasteiger partial charge >= 0.3 is 6.18 Å². The van der Waals surface area contributed by atoms with Gasteiger partial charge in [0.25, 0.3) is 5.91 Å². The molecule has 1 saturated carbocycles. The van der Waals surface area contributed by atoms with Gasteiger partial charge in [-0.1, -0.05) is 6.92 Å². The van der Waals surface area contributed by atoms with Gasteiger partial charge in [-0.2, -0.15) is 13.2 Å². The first kappa shape index (κ1) is 27.9. The van der Waals surface area contributed by atoms with Crippen molar-refractivity contribution in [1.29, 1.82) is 0 Å². The molecule has 1 aliphatic carbocycles. The molecule has 2 heterocycles. The molecule has 1 aromatic heterocycles. The molecular formula is C25H26F5N3O4S. The lowest BCUT2D eigenvalue weighted by molar-refractivity contribution is -0.140. The number of pyridine rings is 1. The van der Waals surface area contributed by atoms with Crippen LogP contribution in [0.1, 0.15) is 66.6 Å². The van der Waals surface area contributed by atoms with Crippen LogP contribution in [0.4, 0.5) is 22.0 Å². The number of aromatic nitrogens is 1. The molecule has 1 N–H and O–H groups in total. The van der Waals surface area contributed by atoms with Crippen LogP contribution in [0.5, 0.6) is 0 Å². The lowest BCUT2D eigenvalue weighted by atomic mass is 9.98. The van der Waals surface area contributed by atoms with Gasteiger partial charge in [0.2, 0.25) is 5.91 Å². The molecule has 13 heteroatoms. The third-order valence-corrected chi connectivity index (χ3v) is 8.10. The summed E-state index contributed by atoms with van der Waals surface area (Å²) in [5, 5.41) is 2.65. The lowest BCUT2D eigenvalue weighted by Gasteiger charge is -2.31. The largest absolute Gasteiger partial charge is 0.419 e. The zero-order valence-electron chi connectivity index (χ0n) is 20.6. The molecular weight excluding hydrogens is 533 g/mol. The van der Waals surface area contributed by atoms with Crippen LogP contribution in [0.15, 0.2) is 35.5 Å². The van der Waals surface area contributed by atoms with Gasteiger partial charge in [-0.25, -0.2) is 17.2 Å². The van der Waals surface area contributed by atoms with E-state index in [-0.39, 0.29) is 40.5 Å². The third kappa shape index (κ3) is 5.67. The molecule has 2 aliphatic rings. The van der Waals surface area contributed by atoms with E-state index >= 15 is 0 Å². The number of alkyl halides is 3. The maximum atomic E-state index is 14.8. The molecule has 1 saturated heterocycles. The number of rotatable bonds is 7. The average Bonchev–Trinajstić information content (AvgIpc) is 3.59. The summed E-state index contributed by atoms with van der Waals surface area (Å²) >= 11 is 0. The smallest absolute Gasteiger partial charge is 0.347 e. The molecule has 2 aromatic rings. The first-order valence-electron chi connectivity index (χ1n) is 12.1. The Morgan fingerprint density at radius 2 is 1.76 bits per heavy atom. The van der Waals surface area contributed by atoms with Gasteiger partial charge in [-0.15, -0.1) is 0 Å². The number of likely N-dealkylation sites (tertiary alicyclic amines) is 1. The average molecular weight is 560 g/mol. The van der Waals surface area contributed by atoms with E-state index in [0.717, 1.165) is 12.5 Å². The number of hydrogen-bond donors (Lipinski definition) is 1. The van der Waals surface area contributed by atoms with Gasteiger partial charge < -0.3 is 10.2 Å². The summed E-state index contributed by atoms with van der Waals surface area (Å²) in [6, 6.07) is -0.689. The van der Waals surface area contributed by atoms with Gasteiger partial charge in [0, 0.05) is 30.3 Å². The van der Waals surface area contributed by atoms with E-state index in [1.807, 2.05) is 6.92 Å². The van der Waals surface area contributed by atoms with Crippen molar-refractivity contribution in [1.82, 2.24) is 15.2 Å². The maximum absolute atomic E-state index is 14.8. The first-order valence-corrected chi connectivity index (χ1v) is 14.0. The van der Waals surface area contributed by atoms with Gasteiger partial charge in [0.1, 0.15) is 17.7 Å². The van der Waals surface area contributed by atoms with E-state index in [0.29, 0.717) is 31.7 Å². The minimum atomic E-state index is -5.08. The van der Waals surface area contributed by atoms with Crippen molar-refractivity contribution in [3.8, 4) is 0 Å². The molecule has 0 bridgehead atoms. The fourth-order valence-corrected chi connectivity index (χ4v) is 5.48. The number of carbonyl (C=O) groups is 2. The molecule has 7 nitrogen and oxygen atoms in total. The van der Waals surface area contributed by atoms with Crippen molar-refractivity contribution in [2.45, 2.75) is 68.2 Å². The van der Waals surface area contributed by atoms with Gasteiger partial charge in [0.05, 0.1) is 22.1 Å². The van der Waals surface area contributed by atoms with E-state index in [1.54, 1.807) is 0 Å². The molecule has 0 spiro atoms. The highest BCUT2D eigenvalue weighted by Crippen LogP contribution is 2.43. The summed E-state index contributed by atoms with van der Waals surface area (Å²) in [5.74, 6) is -4.49. The lowest BCUT2D eigenvalue weighted by Crippen LogP contribution is -2.49. The Hall–Kier alpha value is -3.09. The Morgan fingerprint density at radius 3 is 2.34 bits per heavy atom. The Kier molecular flexibility index (Phi) is 7.52. The number of hydrogen-bond acceptors (Lipinski definition) is 5. The summed E-state index contributed by atoms with van der Waals surface area (Å²) in [5.41, 5.74) is -2.15. The van der Waals surface area contributed by atoms with Crippen LogP contribution in [0.25, 0.3) is 0 Å². The Balaban J connectivity index is 1.62. The predicted molar refractivity (Wildman–Crippen MR) is 126 cm³/mol. The number of nitrogens with zero attached hydrogens (tertiary/aromatic N) is 2. The summed E-state index contributed by atoms with van der Waals surface area (Å²) in [7, 11) is -3.65. The topological polar surface area (TPSA) is 96.4 Å². The molecule has 1 aliphatic heterocycles. The number of sulfone groups is 1. The van der Waals surface area contributed by atoms with Crippen molar-refractivity contribution in [3.63, 3.8) is 0 Å². The van der Waals surface area contributed by atoms with Crippen LogP contribution in [0.2, 0.25) is 0 Å². The summed E-state index contributed by atoms with van der Waals surface area (Å²) < 4.78 is 91.9. The Labute approximate surface area is 216 Å². The molecule has 0 radical (unpaired) electrons. The van der Waals surface area contributed by atoms with Crippen molar-refractivity contribution < 1.29 is 40.0 Å². The highest BCUT2D eigenvalue weighted by molar-refractivity contribution is 7.90. The molecule has 1 aromatic carbocycles. The first-order chi connectivity index (χ1) is 17.7. The van der Waals surface area contributed by atoms with E-state index in [4.69, 9.17) is 0 Å². The highest BCUT2D eigenvalue weighted by Gasteiger charge is 2.44.